The topological polar surface area (TPSA) is 76.4 Å². The van der Waals surface area contributed by atoms with Gasteiger partial charge in [-0.15, -0.1) is 11.3 Å². The first-order valence-corrected chi connectivity index (χ1v) is 5.17. The van der Waals surface area contributed by atoms with E-state index in [9.17, 15) is 0 Å². The molecule has 2 rings (SSSR count). The molecule has 14 heavy (non-hydrogen) atoms. The Labute approximate surface area is 86.3 Å². The Morgan fingerprint density at radius 3 is 3.07 bits per heavy atom. The Hall–Kier alpha value is -1.33. The number of hydrogen-bond acceptors (Lipinski definition) is 5. The summed E-state index contributed by atoms with van der Waals surface area (Å²) in [5.74, 6) is -0.327. The number of thiophene rings is 1. The molecule has 4 nitrogen and oxygen atoms in total. The van der Waals surface area contributed by atoms with Crippen LogP contribution in [-0.4, -0.2) is 11.6 Å². The molecule has 0 fully saturated rings. The summed E-state index contributed by atoms with van der Waals surface area (Å²) in [7, 11) is 0. The molecule has 0 radical (unpaired) electrons. The summed E-state index contributed by atoms with van der Waals surface area (Å²) >= 11 is 1.66. The van der Waals surface area contributed by atoms with E-state index in [1.54, 1.807) is 23.6 Å². The monoisotopic (exact) mass is 208 g/mol. The molecule has 1 aromatic heterocycles. The predicted octanol–water partition coefficient (Wildman–Crippen LogP) is 0.377. The summed E-state index contributed by atoms with van der Waals surface area (Å²) in [4.78, 5) is 5.36. The highest BCUT2D eigenvalue weighted by molar-refractivity contribution is 7.09. The van der Waals surface area contributed by atoms with Gasteiger partial charge in [-0.3, -0.25) is 5.73 Å². The van der Waals surface area contributed by atoms with Gasteiger partial charge in [0.25, 0.3) is 0 Å². The van der Waals surface area contributed by atoms with Crippen molar-refractivity contribution in [2.24, 2.45) is 16.5 Å². The van der Waals surface area contributed by atoms with Gasteiger partial charge in [0, 0.05) is 17.5 Å². The zero-order chi connectivity index (χ0) is 10.0. The van der Waals surface area contributed by atoms with Crippen LogP contribution in [0.3, 0.4) is 0 Å². The van der Waals surface area contributed by atoms with E-state index in [1.807, 2.05) is 17.5 Å². The molecule has 5 N–H and O–H groups in total. The van der Waals surface area contributed by atoms with Crippen LogP contribution >= 0.6 is 11.3 Å². The Balaban J connectivity index is 2.14. The van der Waals surface area contributed by atoms with E-state index >= 15 is 0 Å². The van der Waals surface area contributed by atoms with E-state index in [1.165, 1.54) is 4.88 Å². The fourth-order valence-electron chi connectivity index (χ4n) is 1.34. The molecular formula is C9H12N4S. The fourth-order valence-corrected chi connectivity index (χ4v) is 2.13. The van der Waals surface area contributed by atoms with E-state index in [2.05, 4.69) is 10.3 Å². The highest BCUT2D eigenvalue weighted by Crippen LogP contribution is 2.16. The molecule has 0 spiro atoms. The van der Waals surface area contributed by atoms with E-state index < -0.39 is 5.79 Å². The number of nitrogens with zero attached hydrogens (tertiary/aromatic N) is 1. The summed E-state index contributed by atoms with van der Waals surface area (Å²) in [6, 6.07) is 4.03. The molecule has 1 atom stereocenters. The van der Waals surface area contributed by atoms with E-state index in [0.29, 0.717) is 12.3 Å². The zero-order valence-corrected chi connectivity index (χ0v) is 8.42. The summed E-state index contributed by atoms with van der Waals surface area (Å²) in [5.41, 5.74) is 11.6. The summed E-state index contributed by atoms with van der Waals surface area (Å²) in [6.45, 7) is 0. The first-order valence-electron chi connectivity index (χ1n) is 4.29. The van der Waals surface area contributed by atoms with Crippen molar-refractivity contribution in [1.29, 1.82) is 0 Å². The molecule has 1 aliphatic heterocycles. The Morgan fingerprint density at radius 2 is 2.43 bits per heavy atom. The molecule has 1 aliphatic rings. The van der Waals surface area contributed by atoms with Crippen LogP contribution in [0.1, 0.15) is 4.88 Å². The highest BCUT2D eigenvalue weighted by atomic mass is 32.1. The number of nitrogens with one attached hydrogen (secondary N) is 1. The number of hydrogen-bond donors (Lipinski definition) is 3. The van der Waals surface area contributed by atoms with Crippen molar-refractivity contribution in [2.75, 3.05) is 0 Å². The summed E-state index contributed by atoms with van der Waals surface area (Å²) in [5, 5.41) is 5.02. The normalized spacial score (nSPS) is 25.6. The molecule has 0 saturated carbocycles. The van der Waals surface area contributed by atoms with E-state index in [0.717, 1.165) is 0 Å². The van der Waals surface area contributed by atoms with Gasteiger partial charge in [-0.05, 0) is 17.5 Å². The van der Waals surface area contributed by atoms with Crippen LogP contribution in [0, 0.1) is 0 Å². The van der Waals surface area contributed by atoms with Crippen LogP contribution in [0.4, 0.5) is 0 Å². The number of amidine groups is 1. The molecule has 5 heteroatoms. The maximum Gasteiger partial charge on any atom is 0.189 e. The highest BCUT2D eigenvalue weighted by Gasteiger charge is 2.25. The van der Waals surface area contributed by atoms with Gasteiger partial charge in [0.05, 0.1) is 0 Å². The SMILES string of the molecule is NC1=NC(N)(Cc2cccs2)NC=C1. The van der Waals surface area contributed by atoms with Crippen LogP contribution in [0.2, 0.25) is 0 Å². The minimum Gasteiger partial charge on any atom is -0.384 e. The lowest BCUT2D eigenvalue weighted by Gasteiger charge is -2.27. The third-order valence-corrected chi connectivity index (χ3v) is 2.82. The maximum absolute atomic E-state index is 6.02. The zero-order valence-electron chi connectivity index (χ0n) is 7.60. The van der Waals surface area contributed by atoms with Gasteiger partial charge >= 0.3 is 0 Å². The van der Waals surface area contributed by atoms with E-state index in [-0.39, 0.29) is 0 Å². The minimum absolute atomic E-state index is 0.461. The average Bonchev–Trinajstić information content (AvgIpc) is 2.55. The van der Waals surface area contributed by atoms with Gasteiger partial charge in [0.1, 0.15) is 5.84 Å². The number of rotatable bonds is 2. The van der Waals surface area contributed by atoms with E-state index in [4.69, 9.17) is 11.5 Å². The second kappa shape index (κ2) is 3.43. The van der Waals surface area contributed by atoms with Crippen LogP contribution in [-0.2, 0) is 6.42 Å². The summed E-state index contributed by atoms with van der Waals surface area (Å²) in [6.07, 6.45) is 4.07. The van der Waals surface area contributed by atoms with Gasteiger partial charge < -0.3 is 11.1 Å². The van der Waals surface area contributed by atoms with Gasteiger partial charge in [0.15, 0.2) is 5.79 Å². The van der Waals surface area contributed by atoms with Crippen molar-refractivity contribution < 1.29 is 0 Å². The van der Waals surface area contributed by atoms with Gasteiger partial charge in [-0.1, -0.05) is 6.07 Å². The Kier molecular flexibility index (Phi) is 2.26. The molecular weight excluding hydrogens is 196 g/mol. The van der Waals surface area contributed by atoms with Crippen molar-refractivity contribution in [3.63, 3.8) is 0 Å². The lowest BCUT2D eigenvalue weighted by molar-refractivity contribution is 0.393. The smallest absolute Gasteiger partial charge is 0.189 e. The second-order valence-corrected chi connectivity index (χ2v) is 4.23. The van der Waals surface area contributed by atoms with Crippen LogP contribution < -0.4 is 16.8 Å². The van der Waals surface area contributed by atoms with Crippen molar-refractivity contribution in [3.05, 3.63) is 34.7 Å². The molecule has 74 valence electrons. The van der Waals surface area contributed by atoms with Gasteiger partial charge in [0.2, 0.25) is 0 Å². The second-order valence-electron chi connectivity index (χ2n) is 3.19. The quantitative estimate of drug-likeness (QED) is 0.657. The largest absolute Gasteiger partial charge is 0.384 e. The molecule has 2 heterocycles. The Bertz CT molecular complexity index is 368. The van der Waals surface area contributed by atoms with Gasteiger partial charge in [-0.25, -0.2) is 4.99 Å². The molecule has 0 bridgehead atoms. The van der Waals surface area contributed by atoms with Crippen LogP contribution in [0.15, 0.2) is 34.8 Å². The molecule has 1 unspecified atom stereocenters. The maximum atomic E-state index is 6.02. The molecule has 1 aromatic rings. The van der Waals surface area contributed by atoms with Crippen LogP contribution in [0.25, 0.3) is 0 Å². The standard InChI is InChI=1S/C9H12N4S/c10-8-3-4-12-9(11,13-8)6-7-2-1-5-14-7/h1-5,12H,6,11H2,(H2,10,13). The summed E-state index contributed by atoms with van der Waals surface area (Å²) < 4.78 is 0. The lowest BCUT2D eigenvalue weighted by atomic mass is 10.2. The number of nitrogens with two attached hydrogens (primary N) is 2. The first-order chi connectivity index (χ1) is 6.68. The molecule has 0 aliphatic carbocycles. The third kappa shape index (κ3) is 1.94. The van der Waals surface area contributed by atoms with Crippen molar-refractivity contribution >= 4 is 17.2 Å². The molecule has 0 amide bonds. The molecule has 0 aromatic carbocycles. The lowest BCUT2D eigenvalue weighted by Crippen LogP contribution is -2.53. The van der Waals surface area contributed by atoms with Gasteiger partial charge in [-0.2, -0.15) is 0 Å². The average molecular weight is 208 g/mol. The third-order valence-electron chi connectivity index (χ3n) is 1.94. The fraction of sp³-hybridized carbons (Fsp3) is 0.222. The molecule has 0 saturated heterocycles. The predicted molar refractivity (Wildman–Crippen MR) is 58.8 cm³/mol. The Morgan fingerprint density at radius 1 is 1.57 bits per heavy atom. The minimum atomic E-state index is -0.788. The van der Waals surface area contributed by atoms with Crippen molar-refractivity contribution in [3.8, 4) is 0 Å². The number of aliphatic imine (C=N–C) groups is 1. The first kappa shape index (κ1) is 9.23. The van der Waals surface area contributed by atoms with Crippen molar-refractivity contribution in [2.45, 2.75) is 12.2 Å². The van der Waals surface area contributed by atoms with Crippen molar-refractivity contribution in [1.82, 2.24) is 5.32 Å². The van der Waals surface area contributed by atoms with Crippen LogP contribution in [0.5, 0.6) is 0 Å².